The zero-order chi connectivity index (χ0) is 13.9. The minimum Gasteiger partial charge on any atom is -0.468 e. The van der Waals surface area contributed by atoms with E-state index in [4.69, 9.17) is 0 Å². The Balaban J connectivity index is 3.26. The van der Waals surface area contributed by atoms with Gasteiger partial charge in [-0.25, -0.2) is 4.79 Å². The molecule has 0 spiro atoms. The predicted molar refractivity (Wildman–Crippen MR) is 52.7 cm³/mol. The Morgan fingerprint density at radius 1 is 1.11 bits per heavy atom. The minimum absolute atomic E-state index is 0.600. The third-order valence-corrected chi connectivity index (χ3v) is 2.15. The molecule has 0 bridgehead atoms. The highest BCUT2D eigenvalue weighted by atomic mass is 16.7. The zero-order valence-electron chi connectivity index (χ0n) is 9.84. The molecule has 0 fully saturated rings. The number of Topliss-reactive ketones (excluding diaryl/α,β-unsaturated/α-hetero) is 1. The molecule has 1 aliphatic heterocycles. The number of methoxy groups -OCH3 is 3. The Morgan fingerprint density at radius 3 is 2.17 bits per heavy atom. The lowest BCUT2D eigenvalue weighted by Crippen LogP contribution is -2.41. The van der Waals surface area contributed by atoms with Crippen LogP contribution in [0.4, 0.5) is 0 Å². The highest BCUT2D eigenvalue weighted by molar-refractivity contribution is 6.30. The molecular formula is C10H10O8. The summed E-state index contributed by atoms with van der Waals surface area (Å²) in [6.45, 7) is 0. The van der Waals surface area contributed by atoms with Gasteiger partial charge in [0.25, 0.3) is 0 Å². The average molecular weight is 258 g/mol. The van der Waals surface area contributed by atoms with Crippen molar-refractivity contribution < 1.29 is 38.1 Å². The molecule has 18 heavy (non-hydrogen) atoms. The highest BCUT2D eigenvalue weighted by Gasteiger charge is 2.47. The van der Waals surface area contributed by atoms with Crippen molar-refractivity contribution in [3.63, 3.8) is 0 Å². The molecule has 8 nitrogen and oxygen atoms in total. The molecule has 0 radical (unpaired) electrons. The van der Waals surface area contributed by atoms with Gasteiger partial charge in [0.05, 0.1) is 21.3 Å². The number of cyclic esters (lactones) is 1. The third kappa shape index (κ3) is 2.17. The van der Waals surface area contributed by atoms with E-state index in [0.29, 0.717) is 0 Å². The van der Waals surface area contributed by atoms with Crippen molar-refractivity contribution in [3.05, 3.63) is 11.5 Å². The molecule has 1 heterocycles. The Labute approximate surface area is 101 Å². The van der Waals surface area contributed by atoms with Crippen molar-refractivity contribution >= 4 is 23.7 Å². The topological polar surface area (TPSA) is 105 Å². The molecule has 0 unspecified atom stereocenters. The monoisotopic (exact) mass is 258 g/mol. The molecule has 0 aliphatic carbocycles. The smallest absolute Gasteiger partial charge is 0.348 e. The lowest BCUT2D eigenvalue weighted by Gasteiger charge is -2.20. The molecule has 1 rings (SSSR count). The summed E-state index contributed by atoms with van der Waals surface area (Å²) >= 11 is 0. The first-order valence-electron chi connectivity index (χ1n) is 4.68. The number of carbonyl (C=O) groups excluding carboxylic acids is 4. The molecule has 0 aromatic carbocycles. The van der Waals surface area contributed by atoms with Crippen LogP contribution in [-0.4, -0.2) is 45.0 Å². The number of carbonyl (C=O) groups is 4. The van der Waals surface area contributed by atoms with Crippen LogP contribution in [-0.2, 0) is 38.1 Å². The molecule has 1 atom stereocenters. The Bertz CT molecular complexity index is 447. The van der Waals surface area contributed by atoms with E-state index in [0.717, 1.165) is 21.3 Å². The first-order valence-corrected chi connectivity index (χ1v) is 4.68. The van der Waals surface area contributed by atoms with E-state index in [1.165, 1.54) is 0 Å². The zero-order valence-corrected chi connectivity index (χ0v) is 9.84. The Hall–Kier alpha value is -2.38. The van der Waals surface area contributed by atoms with Crippen LogP contribution in [0.5, 0.6) is 0 Å². The van der Waals surface area contributed by atoms with Gasteiger partial charge in [-0.2, -0.15) is 0 Å². The number of esters is 3. The highest BCUT2D eigenvalue weighted by Crippen LogP contribution is 2.24. The van der Waals surface area contributed by atoms with Gasteiger partial charge in [0, 0.05) is 0 Å². The summed E-state index contributed by atoms with van der Waals surface area (Å²) in [5.74, 6) is -6.89. The van der Waals surface area contributed by atoms with Crippen molar-refractivity contribution in [1.82, 2.24) is 0 Å². The van der Waals surface area contributed by atoms with Crippen molar-refractivity contribution in [3.8, 4) is 0 Å². The fourth-order valence-corrected chi connectivity index (χ4v) is 1.30. The molecule has 0 saturated carbocycles. The van der Waals surface area contributed by atoms with E-state index in [2.05, 4.69) is 18.9 Å². The van der Waals surface area contributed by atoms with Crippen LogP contribution in [0.15, 0.2) is 11.5 Å². The summed E-state index contributed by atoms with van der Waals surface area (Å²) in [6.07, 6.45) is 0. The number of ether oxygens (including phenoxy) is 4. The van der Waals surface area contributed by atoms with Crippen LogP contribution in [0.2, 0.25) is 0 Å². The molecule has 0 saturated heterocycles. The predicted octanol–water partition coefficient (Wildman–Crippen LogP) is -1.07. The van der Waals surface area contributed by atoms with E-state index in [9.17, 15) is 19.2 Å². The maximum atomic E-state index is 11.9. The maximum absolute atomic E-state index is 11.9. The summed E-state index contributed by atoms with van der Waals surface area (Å²) < 4.78 is 17.8. The number of rotatable bonds is 3. The SMILES string of the molecule is COC(=O)C1=C(OC)OC(=O)[C@@H](C(=O)OC)C1=O. The lowest BCUT2D eigenvalue weighted by molar-refractivity contribution is -0.165. The van der Waals surface area contributed by atoms with Crippen LogP contribution < -0.4 is 0 Å². The second kappa shape index (κ2) is 5.30. The summed E-state index contributed by atoms with van der Waals surface area (Å²) in [4.78, 5) is 46.0. The van der Waals surface area contributed by atoms with Crippen molar-refractivity contribution in [2.24, 2.45) is 5.92 Å². The number of ketones is 1. The quantitative estimate of drug-likeness (QED) is 0.273. The second-order valence-electron chi connectivity index (χ2n) is 3.10. The van der Waals surface area contributed by atoms with Crippen LogP contribution >= 0.6 is 0 Å². The van der Waals surface area contributed by atoms with E-state index >= 15 is 0 Å². The minimum atomic E-state index is -1.84. The van der Waals surface area contributed by atoms with E-state index < -0.39 is 41.1 Å². The van der Waals surface area contributed by atoms with Crippen LogP contribution in [0, 0.1) is 5.92 Å². The molecule has 0 aromatic heterocycles. The van der Waals surface area contributed by atoms with Gasteiger partial charge >= 0.3 is 23.9 Å². The van der Waals surface area contributed by atoms with Gasteiger partial charge < -0.3 is 18.9 Å². The average Bonchev–Trinajstić information content (AvgIpc) is 2.36. The molecule has 8 heteroatoms. The van der Waals surface area contributed by atoms with Gasteiger partial charge in [0.15, 0.2) is 5.57 Å². The van der Waals surface area contributed by atoms with Gasteiger partial charge in [-0.1, -0.05) is 0 Å². The molecule has 0 N–H and O–H groups in total. The number of hydrogen-bond acceptors (Lipinski definition) is 8. The fraction of sp³-hybridized carbons (Fsp3) is 0.400. The Morgan fingerprint density at radius 2 is 1.72 bits per heavy atom. The van der Waals surface area contributed by atoms with Crippen molar-refractivity contribution in [1.29, 1.82) is 0 Å². The van der Waals surface area contributed by atoms with Gasteiger partial charge in [0.1, 0.15) is 0 Å². The lowest BCUT2D eigenvalue weighted by atomic mass is 9.96. The van der Waals surface area contributed by atoms with Gasteiger partial charge in [-0.15, -0.1) is 0 Å². The summed E-state index contributed by atoms with van der Waals surface area (Å²) in [7, 11) is 3.12. The molecule has 0 aromatic rings. The first-order chi connectivity index (χ1) is 8.47. The first kappa shape index (κ1) is 13.7. The summed E-state index contributed by atoms with van der Waals surface area (Å²) in [5, 5.41) is 0. The summed E-state index contributed by atoms with van der Waals surface area (Å²) in [6, 6.07) is 0. The number of hydrogen-bond donors (Lipinski definition) is 0. The molecule has 0 amide bonds. The molecule has 1 aliphatic rings. The largest absolute Gasteiger partial charge is 0.468 e. The van der Waals surface area contributed by atoms with Crippen molar-refractivity contribution in [2.45, 2.75) is 0 Å². The normalized spacial score (nSPS) is 19.2. The van der Waals surface area contributed by atoms with Gasteiger partial charge in [-0.3, -0.25) is 14.4 Å². The van der Waals surface area contributed by atoms with E-state index in [1.807, 2.05) is 0 Å². The third-order valence-electron chi connectivity index (χ3n) is 2.15. The fourth-order valence-electron chi connectivity index (χ4n) is 1.30. The van der Waals surface area contributed by atoms with Crippen LogP contribution in [0.25, 0.3) is 0 Å². The van der Waals surface area contributed by atoms with E-state index in [1.54, 1.807) is 0 Å². The van der Waals surface area contributed by atoms with Gasteiger partial charge in [0.2, 0.25) is 11.7 Å². The maximum Gasteiger partial charge on any atom is 0.348 e. The van der Waals surface area contributed by atoms with Gasteiger partial charge in [-0.05, 0) is 0 Å². The van der Waals surface area contributed by atoms with Crippen LogP contribution in [0.3, 0.4) is 0 Å². The molecule has 98 valence electrons. The molecular weight excluding hydrogens is 248 g/mol. The van der Waals surface area contributed by atoms with E-state index in [-0.39, 0.29) is 0 Å². The second-order valence-corrected chi connectivity index (χ2v) is 3.10. The summed E-state index contributed by atoms with van der Waals surface area (Å²) in [5.41, 5.74) is -0.644. The van der Waals surface area contributed by atoms with Crippen molar-refractivity contribution in [2.75, 3.05) is 21.3 Å². The standard InChI is InChI=1S/C10H10O8/c1-15-7(12)4-6(11)5(8(13)16-2)10(17-3)18-9(4)14/h4H,1-3H3/t4-/m1/s1. The van der Waals surface area contributed by atoms with Crippen LogP contribution in [0.1, 0.15) is 0 Å². The Kier molecular flexibility index (Phi) is 4.03.